The van der Waals surface area contributed by atoms with Gasteiger partial charge in [-0.15, -0.1) is 6.42 Å². The maximum absolute atomic E-state index is 13.9. The third-order valence-electron chi connectivity index (χ3n) is 3.28. The van der Waals surface area contributed by atoms with E-state index in [4.69, 9.17) is 11.2 Å². The Kier molecular flexibility index (Phi) is 9.98. The summed E-state index contributed by atoms with van der Waals surface area (Å²) >= 11 is 0. The number of carbonyl (C=O) groups is 1. The number of hydrogen-bond acceptors (Lipinski definition) is 2. The summed E-state index contributed by atoms with van der Waals surface area (Å²) in [5.74, 6) is 0.394. The molecule has 0 fully saturated rings. The van der Waals surface area contributed by atoms with Gasteiger partial charge in [0, 0.05) is 19.5 Å². The van der Waals surface area contributed by atoms with Crippen LogP contribution in [0.15, 0.2) is 18.2 Å². The monoisotopic (exact) mass is 363 g/mol. The molecule has 0 aromatic heterocycles. The second kappa shape index (κ2) is 11.1. The molecule has 26 heavy (non-hydrogen) atoms. The number of nitrogens with zero attached hydrogens (tertiary/aromatic N) is 1. The summed E-state index contributed by atoms with van der Waals surface area (Å²) in [6, 6.07) is 4.14. The van der Waals surface area contributed by atoms with E-state index < -0.39 is 17.7 Å². The van der Waals surface area contributed by atoms with Crippen molar-refractivity contribution in [2.45, 2.75) is 41.0 Å². The average Bonchev–Trinajstić information content (AvgIpc) is 2.65. The Morgan fingerprint density at radius 3 is 2.19 bits per heavy atom. The summed E-state index contributed by atoms with van der Waals surface area (Å²) in [5.41, 5.74) is 0.572. The van der Waals surface area contributed by atoms with E-state index in [1.165, 1.54) is 11.0 Å². The minimum absolute atomic E-state index is 0.114. The molecule has 1 amide bonds. The first-order valence-corrected chi connectivity index (χ1v) is 8.69. The predicted octanol–water partition coefficient (Wildman–Crippen LogP) is 5.77. The molecule has 0 atom stereocenters. The van der Waals surface area contributed by atoms with Crippen molar-refractivity contribution in [3.8, 4) is 18.1 Å². The molecule has 142 valence electrons. The Balaban J connectivity index is 0.00000146. The second-order valence-electron chi connectivity index (χ2n) is 4.99. The van der Waals surface area contributed by atoms with E-state index in [0.29, 0.717) is 22.8 Å². The van der Waals surface area contributed by atoms with Crippen molar-refractivity contribution in [2.75, 3.05) is 14.1 Å². The molecular formula is C21H27F2NO2. The smallest absolute Gasteiger partial charge is 0.410 e. The number of terminal acetylenes is 1. The van der Waals surface area contributed by atoms with E-state index in [1.807, 2.05) is 34.6 Å². The number of halogens is 2. The Labute approximate surface area is 155 Å². The van der Waals surface area contributed by atoms with Crippen LogP contribution in [0.3, 0.4) is 0 Å². The first-order valence-electron chi connectivity index (χ1n) is 8.69. The van der Waals surface area contributed by atoms with Gasteiger partial charge in [0.25, 0.3) is 0 Å². The van der Waals surface area contributed by atoms with Crippen LogP contribution in [0.4, 0.5) is 13.6 Å². The number of carbonyl (C=O) groups excluding carboxylic acids is 1. The van der Waals surface area contributed by atoms with Gasteiger partial charge in [-0.1, -0.05) is 40.5 Å². The maximum atomic E-state index is 13.9. The van der Waals surface area contributed by atoms with Gasteiger partial charge in [-0.2, -0.15) is 0 Å². The zero-order valence-corrected chi connectivity index (χ0v) is 16.5. The summed E-state index contributed by atoms with van der Waals surface area (Å²) in [6.07, 6.45) is 5.30. The van der Waals surface area contributed by atoms with Crippen molar-refractivity contribution in [1.29, 1.82) is 0 Å². The molecule has 0 unspecified atom stereocenters. The fourth-order valence-electron chi connectivity index (χ4n) is 2.21. The number of hydrogen-bond donors (Lipinski definition) is 0. The van der Waals surface area contributed by atoms with E-state index in [0.717, 1.165) is 6.07 Å². The largest absolute Gasteiger partial charge is 0.414 e. The number of fused-ring (bicyclic) bond motifs is 1. The van der Waals surface area contributed by atoms with Gasteiger partial charge in [0.2, 0.25) is 0 Å². The molecule has 0 N–H and O–H groups in total. The molecule has 3 nitrogen and oxygen atoms in total. The molecule has 2 aromatic rings. The summed E-state index contributed by atoms with van der Waals surface area (Å²) in [4.78, 5) is 12.9. The lowest BCUT2D eigenvalue weighted by Crippen LogP contribution is -2.25. The summed E-state index contributed by atoms with van der Waals surface area (Å²) in [7, 11) is 3.10. The highest BCUT2D eigenvalue weighted by molar-refractivity contribution is 5.93. The first kappa shape index (κ1) is 23.4. The molecule has 0 saturated carbocycles. The molecule has 2 aromatic carbocycles. The number of amides is 1. The van der Waals surface area contributed by atoms with Crippen LogP contribution in [0.25, 0.3) is 10.8 Å². The Bertz CT molecular complexity index is 793. The Morgan fingerprint density at radius 1 is 1.15 bits per heavy atom. The lowest BCUT2D eigenvalue weighted by atomic mass is 9.97. The molecule has 2 rings (SSSR count). The highest BCUT2D eigenvalue weighted by Crippen LogP contribution is 2.31. The highest BCUT2D eigenvalue weighted by atomic mass is 19.2. The van der Waals surface area contributed by atoms with Crippen LogP contribution in [0.2, 0.25) is 0 Å². The molecule has 0 aliphatic carbocycles. The SMILES string of the molecule is C#Cc1c(F)c(F)cc2cc(OC(=O)N(C)C)cc(CC)c12.CC.CC. The van der Waals surface area contributed by atoms with E-state index in [9.17, 15) is 13.6 Å². The maximum Gasteiger partial charge on any atom is 0.414 e. The van der Waals surface area contributed by atoms with Gasteiger partial charge in [-0.25, -0.2) is 13.6 Å². The van der Waals surface area contributed by atoms with E-state index in [-0.39, 0.29) is 11.3 Å². The number of aryl methyl sites for hydroxylation is 1. The molecule has 0 heterocycles. The molecule has 0 radical (unpaired) electrons. The fourth-order valence-corrected chi connectivity index (χ4v) is 2.21. The molecular weight excluding hydrogens is 336 g/mol. The van der Waals surface area contributed by atoms with E-state index in [1.54, 1.807) is 20.2 Å². The van der Waals surface area contributed by atoms with Crippen molar-refractivity contribution in [3.63, 3.8) is 0 Å². The topological polar surface area (TPSA) is 29.5 Å². The summed E-state index contributed by atoms with van der Waals surface area (Å²) < 4.78 is 32.7. The van der Waals surface area contributed by atoms with Crippen LogP contribution in [-0.4, -0.2) is 25.1 Å². The van der Waals surface area contributed by atoms with Gasteiger partial charge >= 0.3 is 6.09 Å². The Hall–Kier alpha value is -2.61. The minimum atomic E-state index is -1.04. The molecule has 0 aliphatic heterocycles. The molecule has 0 aliphatic rings. The van der Waals surface area contributed by atoms with Gasteiger partial charge in [0.1, 0.15) is 5.75 Å². The summed E-state index contributed by atoms with van der Waals surface area (Å²) in [5, 5.41) is 0.862. The van der Waals surface area contributed by atoms with Crippen molar-refractivity contribution in [3.05, 3.63) is 41.0 Å². The van der Waals surface area contributed by atoms with Crippen LogP contribution in [0.1, 0.15) is 45.7 Å². The Morgan fingerprint density at radius 2 is 1.73 bits per heavy atom. The predicted molar refractivity (Wildman–Crippen MR) is 104 cm³/mol. The summed E-state index contributed by atoms with van der Waals surface area (Å²) in [6.45, 7) is 9.86. The quantitative estimate of drug-likeness (QED) is 0.634. The zero-order valence-electron chi connectivity index (χ0n) is 16.5. The lowest BCUT2D eigenvalue weighted by molar-refractivity contribution is 0.172. The molecule has 5 heteroatoms. The standard InChI is InChI=1S/C17H15F2NO2.2C2H6/c1-5-10-7-12(22-17(21)20(3)4)8-11-9-14(18)16(19)13(6-2)15(10)11;2*1-2/h2,7-9H,5H2,1,3-4H3;2*1-2H3. The van der Waals surface area contributed by atoms with Crippen molar-refractivity contribution >= 4 is 16.9 Å². The van der Waals surface area contributed by atoms with Gasteiger partial charge in [0.15, 0.2) is 11.6 Å². The van der Waals surface area contributed by atoms with Gasteiger partial charge < -0.3 is 9.64 Å². The third kappa shape index (κ3) is 5.19. The number of benzene rings is 2. The minimum Gasteiger partial charge on any atom is -0.410 e. The van der Waals surface area contributed by atoms with Gasteiger partial charge in [0.05, 0.1) is 5.56 Å². The van der Waals surface area contributed by atoms with Crippen LogP contribution < -0.4 is 4.74 Å². The second-order valence-corrected chi connectivity index (χ2v) is 4.99. The molecule has 0 saturated heterocycles. The van der Waals surface area contributed by atoms with Crippen molar-refractivity contribution in [1.82, 2.24) is 4.90 Å². The van der Waals surface area contributed by atoms with Crippen LogP contribution in [-0.2, 0) is 6.42 Å². The molecule has 0 bridgehead atoms. The normalized spacial score (nSPS) is 9.23. The lowest BCUT2D eigenvalue weighted by Gasteiger charge is -2.14. The fraction of sp³-hybridized carbons (Fsp3) is 0.381. The third-order valence-corrected chi connectivity index (χ3v) is 3.28. The van der Waals surface area contributed by atoms with E-state index in [2.05, 4.69) is 5.92 Å². The zero-order chi connectivity index (χ0) is 20.4. The van der Waals surface area contributed by atoms with Crippen LogP contribution in [0.5, 0.6) is 5.75 Å². The molecule has 0 spiro atoms. The highest BCUT2D eigenvalue weighted by Gasteiger charge is 2.17. The number of ether oxygens (including phenoxy) is 1. The van der Waals surface area contributed by atoms with Gasteiger partial charge in [-0.3, -0.25) is 0 Å². The average molecular weight is 363 g/mol. The number of rotatable bonds is 2. The van der Waals surface area contributed by atoms with Crippen LogP contribution in [0, 0.1) is 24.0 Å². The van der Waals surface area contributed by atoms with Crippen molar-refractivity contribution in [2.24, 2.45) is 0 Å². The van der Waals surface area contributed by atoms with Crippen LogP contribution >= 0.6 is 0 Å². The van der Waals surface area contributed by atoms with E-state index >= 15 is 0 Å². The van der Waals surface area contributed by atoms with Crippen molar-refractivity contribution < 1.29 is 18.3 Å². The first-order chi connectivity index (χ1) is 12.4. The van der Waals surface area contributed by atoms with Gasteiger partial charge in [-0.05, 0) is 35.6 Å².